The molecule has 6 heteroatoms. The lowest BCUT2D eigenvalue weighted by atomic mass is 10.1. The molecule has 0 spiro atoms. The average Bonchev–Trinajstić information content (AvgIpc) is 3.07. The van der Waals surface area contributed by atoms with Crippen LogP contribution in [0.1, 0.15) is 5.56 Å². The lowest BCUT2D eigenvalue weighted by Crippen LogP contribution is -2.19. The molecule has 1 fully saturated rings. The number of carbonyl (C=O) groups excluding carboxylic acids is 1. The van der Waals surface area contributed by atoms with Gasteiger partial charge < -0.3 is 5.32 Å². The van der Waals surface area contributed by atoms with Gasteiger partial charge in [-0.15, -0.1) is 5.10 Å². The van der Waals surface area contributed by atoms with Crippen LogP contribution in [0.5, 0.6) is 0 Å². The van der Waals surface area contributed by atoms with Crippen molar-refractivity contribution in [1.29, 1.82) is 0 Å². The maximum absolute atomic E-state index is 11.1. The van der Waals surface area contributed by atoms with E-state index in [1.54, 1.807) is 6.21 Å². The number of pyridine rings is 1. The second kappa shape index (κ2) is 6.86. The van der Waals surface area contributed by atoms with Gasteiger partial charge in [0.25, 0.3) is 0 Å². The monoisotopic (exact) mass is 346 g/mol. The Balaban J connectivity index is 1.61. The van der Waals surface area contributed by atoms with Gasteiger partial charge in [0, 0.05) is 10.9 Å². The van der Waals surface area contributed by atoms with Gasteiger partial charge in [-0.3, -0.25) is 4.79 Å². The van der Waals surface area contributed by atoms with Gasteiger partial charge in [-0.1, -0.05) is 60.3 Å². The first-order valence-electron chi connectivity index (χ1n) is 7.78. The molecule has 3 aromatic rings. The first-order chi connectivity index (χ1) is 12.3. The molecule has 0 unspecified atom stereocenters. The predicted octanol–water partition coefficient (Wildman–Crippen LogP) is 3.45. The summed E-state index contributed by atoms with van der Waals surface area (Å²) in [6, 6.07) is 20.1. The van der Waals surface area contributed by atoms with E-state index in [1.807, 2.05) is 54.6 Å². The number of hydrogen-bond donors (Lipinski definition) is 1. The van der Waals surface area contributed by atoms with E-state index in [-0.39, 0.29) is 5.91 Å². The third-order valence-corrected chi connectivity index (χ3v) is 4.59. The zero-order valence-electron chi connectivity index (χ0n) is 13.2. The second-order valence-corrected chi connectivity index (χ2v) is 6.47. The molecular weight excluding hydrogens is 332 g/mol. The lowest BCUT2D eigenvalue weighted by molar-refractivity contribution is -0.116. The van der Waals surface area contributed by atoms with Gasteiger partial charge in [0.1, 0.15) is 0 Å². The van der Waals surface area contributed by atoms with Crippen molar-refractivity contribution in [3.8, 4) is 11.3 Å². The Bertz CT molecular complexity index is 999. The number of fused-ring (bicyclic) bond motifs is 1. The normalized spacial score (nSPS) is 16.0. The third-order valence-electron chi connectivity index (χ3n) is 3.73. The molecule has 25 heavy (non-hydrogen) atoms. The Hall–Kier alpha value is -2.99. The summed E-state index contributed by atoms with van der Waals surface area (Å²) in [6.45, 7) is 0. The SMILES string of the molecule is O=C1CSC(=NN=Cc2ccc3ccc(-c4ccccc4)nc3c2)N1. The van der Waals surface area contributed by atoms with Crippen LogP contribution in [0.15, 0.2) is 70.9 Å². The number of benzene rings is 2. The number of amidine groups is 1. The highest BCUT2D eigenvalue weighted by Crippen LogP contribution is 2.21. The van der Waals surface area contributed by atoms with E-state index in [4.69, 9.17) is 4.98 Å². The van der Waals surface area contributed by atoms with Gasteiger partial charge in [0.2, 0.25) is 5.91 Å². The summed E-state index contributed by atoms with van der Waals surface area (Å²) < 4.78 is 0. The van der Waals surface area contributed by atoms with E-state index < -0.39 is 0 Å². The molecular formula is C19H14N4OS. The zero-order valence-corrected chi connectivity index (χ0v) is 14.0. The van der Waals surface area contributed by atoms with Crippen molar-refractivity contribution in [2.24, 2.45) is 10.2 Å². The van der Waals surface area contributed by atoms with Gasteiger partial charge in [-0.05, 0) is 17.7 Å². The molecule has 1 aliphatic heterocycles. The molecule has 0 aliphatic carbocycles. The van der Waals surface area contributed by atoms with Crippen LogP contribution >= 0.6 is 11.8 Å². The van der Waals surface area contributed by atoms with Crippen molar-refractivity contribution in [2.75, 3.05) is 5.75 Å². The summed E-state index contributed by atoms with van der Waals surface area (Å²) >= 11 is 1.35. The third kappa shape index (κ3) is 3.59. The minimum atomic E-state index is -0.0395. The summed E-state index contributed by atoms with van der Waals surface area (Å²) in [5.41, 5.74) is 3.83. The van der Waals surface area contributed by atoms with Crippen molar-refractivity contribution < 1.29 is 4.79 Å². The molecule has 0 radical (unpaired) electrons. The van der Waals surface area contributed by atoms with Gasteiger partial charge in [0.05, 0.1) is 23.2 Å². The van der Waals surface area contributed by atoms with E-state index >= 15 is 0 Å². The Morgan fingerprint density at radius 3 is 2.72 bits per heavy atom. The van der Waals surface area contributed by atoms with Crippen LogP contribution in [0.3, 0.4) is 0 Å². The minimum Gasteiger partial charge on any atom is -0.303 e. The Labute approximate surface area is 148 Å². The first-order valence-corrected chi connectivity index (χ1v) is 8.76. The molecule has 4 rings (SSSR count). The molecule has 1 aliphatic rings. The van der Waals surface area contributed by atoms with Crippen LogP contribution in [0.25, 0.3) is 22.2 Å². The molecule has 2 aromatic carbocycles. The lowest BCUT2D eigenvalue weighted by Gasteiger charge is -2.04. The number of thioether (sulfide) groups is 1. The number of hydrogen-bond acceptors (Lipinski definition) is 5. The quantitative estimate of drug-likeness (QED) is 0.583. The number of nitrogens with one attached hydrogen (secondary N) is 1. The zero-order chi connectivity index (χ0) is 17.1. The summed E-state index contributed by atoms with van der Waals surface area (Å²) in [7, 11) is 0. The number of nitrogens with zero attached hydrogens (tertiary/aromatic N) is 3. The van der Waals surface area contributed by atoms with E-state index in [2.05, 4.69) is 21.6 Å². The van der Waals surface area contributed by atoms with Crippen molar-refractivity contribution in [1.82, 2.24) is 10.3 Å². The highest BCUT2D eigenvalue weighted by atomic mass is 32.2. The second-order valence-electron chi connectivity index (χ2n) is 5.50. The number of amides is 1. The van der Waals surface area contributed by atoms with E-state index in [0.717, 1.165) is 27.7 Å². The van der Waals surface area contributed by atoms with Crippen LogP contribution in [0.4, 0.5) is 0 Å². The fraction of sp³-hybridized carbons (Fsp3) is 0.0526. The fourth-order valence-corrected chi connectivity index (χ4v) is 3.14. The summed E-state index contributed by atoms with van der Waals surface area (Å²) in [5, 5.41) is 12.3. The van der Waals surface area contributed by atoms with Crippen LogP contribution in [0, 0.1) is 0 Å². The van der Waals surface area contributed by atoms with E-state index in [0.29, 0.717) is 10.9 Å². The Morgan fingerprint density at radius 1 is 1.08 bits per heavy atom. The van der Waals surface area contributed by atoms with Crippen LogP contribution < -0.4 is 5.32 Å². The smallest absolute Gasteiger partial charge is 0.236 e. The molecule has 1 amide bonds. The van der Waals surface area contributed by atoms with Crippen molar-refractivity contribution in [2.45, 2.75) is 0 Å². The Kier molecular flexibility index (Phi) is 4.26. The predicted molar refractivity (Wildman–Crippen MR) is 103 cm³/mol. The van der Waals surface area contributed by atoms with Crippen molar-refractivity contribution >= 4 is 40.0 Å². The highest BCUT2D eigenvalue weighted by molar-refractivity contribution is 8.15. The number of carbonyl (C=O) groups is 1. The Morgan fingerprint density at radius 2 is 1.92 bits per heavy atom. The van der Waals surface area contributed by atoms with Crippen LogP contribution in [-0.4, -0.2) is 28.0 Å². The van der Waals surface area contributed by atoms with Gasteiger partial charge >= 0.3 is 0 Å². The molecule has 1 saturated heterocycles. The molecule has 0 atom stereocenters. The molecule has 2 heterocycles. The molecule has 0 bridgehead atoms. The van der Waals surface area contributed by atoms with Gasteiger partial charge in [-0.2, -0.15) is 5.10 Å². The number of rotatable bonds is 3. The fourth-order valence-electron chi connectivity index (χ4n) is 2.51. The van der Waals surface area contributed by atoms with Gasteiger partial charge in [-0.25, -0.2) is 4.98 Å². The molecule has 5 nitrogen and oxygen atoms in total. The summed E-state index contributed by atoms with van der Waals surface area (Å²) in [5.74, 6) is 0.360. The maximum Gasteiger partial charge on any atom is 0.236 e. The van der Waals surface area contributed by atoms with Crippen LogP contribution in [0.2, 0.25) is 0 Å². The molecule has 1 aromatic heterocycles. The number of aromatic nitrogens is 1. The summed E-state index contributed by atoms with van der Waals surface area (Å²) in [6.07, 6.45) is 1.66. The summed E-state index contributed by atoms with van der Waals surface area (Å²) in [4.78, 5) is 15.9. The largest absolute Gasteiger partial charge is 0.303 e. The van der Waals surface area contributed by atoms with Crippen LogP contribution in [-0.2, 0) is 4.79 Å². The van der Waals surface area contributed by atoms with Gasteiger partial charge in [0.15, 0.2) is 5.17 Å². The van der Waals surface area contributed by atoms with Crippen molar-refractivity contribution in [3.05, 3.63) is 66.2 Å². The van der Waals surface area contributed by atoms with E-state index in [9.17, 15) is 4.79 Å². The highest BCUT2D eigenvalue weighted by Gasteiger charge is 2.15. The minimum absolute atomic E-state index is 0.0395. The van der Waals surface area contributed by atoms with Crippen molar-refractivity contribution in [3.63, 3.8) is 0 Å². The standard InChI is InChI=1S/C19H14N4OS/c24-18-12-25-19(22-18)23-20-11-13-6-7-15-8-9-16(21-17(15)10-13)14-4-2-1-3-5-14/h1-11H,12H2,(H,22,23,24). The molecule has 122 valence electrons. The van der Waals surface area contributed by atoms with E-state index in [1.165, 1.54) is 11.8 Å². The first kappa shape index (κ1) is 15.5. The maximum atomic E-state index is 11.1. The molecule has 0 saturated carbocycles. The molecule has 1 N–H and O–H groups in total. The average molecular weight is 346 g/mol. The topological polar surface area (TPSA) is 66.7 Å².